The minimum Gasteiger partial charge on any atom is -0.507 e. The highest BCUT2D eigenvalue weighted by Crippen LogP contribution is 2.45. The van der Waals surface area contributed by atoms with Crippen molar-refractivity contribution in [2.45, 2.75) is 45.1 Å². The first-order valence-electron chi connectivity index (χ1n) is 9.47. The van der Waals surface area contributed by atoms with Gasteiger partial charge in [0.2, 0.25) is 0 Å². The van der Waals surface area contributed by atoms with E-state index < -0.39 is 0 Å². The van der Waals surface area contributed by atoms with Gasteiger partial charge in [0.05, 0.1) is 5.56 Å². The number of carbonyl (C=O) groups is 1. The number of hydrogen-bond donors (Lipinski definition) is 2. The topological polar surface area (TPSA) is 63.3 Å². The van der Waals surface area contributed by atoms with E-state index in [9.17, 15) is 9.90 Å². The second-order valence-corrected chi connectivity index (χ2v) is 7.58. The number of allylic oxidation sites excluding steroid dienone is 1. The lowest BCUT2D eigenvalue weighted by Crippen LogP contribution is -2.27. The van der Waals surface area contributed by atoms with Crippen LogP contribution >= 0.6 is 0 Å². The number of aryl methyl sites for hydroxylation is 1. The predicted octanol–water partition coefficient (Wildman–Crippen LogP) is 4.27. The van der Waals surface area contributed by atoms with Crippen LogP contribution in [-0.4, -0.2) is 16.9 Å². The third kappa shape index (κ3) is 2.86. The van der Waals surface area contributed by atoms with Crippen LogP contribution in [0, 0.1) is 5.92 Å². The van der Waals surface area contributed by atoms with Gasteiger partial charge in [0.15, 0.2) is 5.78 Å². The zero-order valence-electron chi connectivity index (χ0n) is 15.2. The zero-order valence-corrected chi connectivity index (χ0v) is 15.2. The number of aromatic hydroxyl groups is 1. The van der Waals surface area contributed by atoms with Crippen molar-refractivity contribution < 1.29 is 9.90 Å². The minimum atomic E-state index is -0.106. The average molecular weight is 347 g/mol. The lowest BCUT2D eigenvalue weighted by atomic mass is 9.78. The minimum absolute atomic E-state index is 0.0373. The van der Waals surface area contributed by atoms with Gasteiger partial charge in [-0.2, -0.15) is 0 Å². The summed E-state index contributed by atoms with van der Waals surface area (Å²) in [6, 6.07) is 13.8. The summed E-state index contributed by atoms with van der Waals surface area (Å²) < 4.78 is 0. The first-order chi connectivity index (χ1) is 12.6. The molecule has 0 spiro atoms. The lowest BCUT2D eigenvalue weighted by Gasteiger charge is -2.28. The summed E-state index contributed by atoms with van der Waals surface area (Å²) in [6.45, 7) is 2.02. The Morgan fingerprint density at radius 2 is 1.88 bits per heavy atom. The van der Waals surface area contributed by atoms with Gasteiger partial charge in [-0.05, 0) is 72.4 Å². The number of ketones is 1. The van der Waals surface area contributed by atoms with Crippen LogP contribution in [0.2, 0.25) is 0 Å². The van der Waals surface area contributed by atoms with E-state index in [1.54, 1.807) is 6.07 Å². The highest BCUT2D eigenvalue weighted by molar-refractivity contribution is 6.05. The molecule has 0 radical (unpaired) electrons. The summed E-state index contributed by atoms with van der Waals surface area (Å²) in [4.78, 5) is 13.1. The first kappa shape index (κ1) is 17.0. The molecular formula is C23H25NO2. The molecule has 2 aromatic carbocycles. The molecule has 0 bridgehead atoms. The molecule has 2 aliphatic rings. The Hall–Kier alpha value is -2.39. The summed E-state index contributed by atoms with van der Waals surface area (Å²) in [5.74, 6) is 0.227. The monoisotopic (exact) mass is 347 g/mol. The number of nitrogens with two attached hydrogens (primary N) is 1. The molecule has 0 aliphatic heterocycles. The first-order valence-corrected chi connectivity index (χ1v) is 9.47. The van der Waals surface area contributed by atoms with Crippen LogP contribution in [0.15, 0.2) is 48.0 Å². The highest BCUT2D eigenvalue weighted by Gasteiger charge is 2.35. The van der Waals surface area contributed by atoms with Crippen molar-refractivity contribution in [3.05, 3.63) is 70.3 Å². The fourth-order valence-corrected chi connectivity index (χ4v) is 4.75. The van der Waals surface area contributed by atoms with Gasteiger partial charge in [-0.15, -0.1) is 0 Å². The number of phenolic OH excluding ortho intramolecular Hbond substituents is 1. The van der Waals surface area contributed by atoms with Gasteiger partial charge in [-0.25, -0.2) is 0 Å². The standard InChI is InChI=1S/C23H25NO2/c1-14(24)21-17(12-15-6-3-2-4-7-15)13-20(26)23-19(25)11-10-16-8-5-9-18(21)22(16)23/h2-4,6-7,10-11,14,17,25H,5,8-9,12-13,24H2,1H3/t14-,17?/m0/s1. The largest absolute Gasteiger partial charge is 0.507 e. The molecule has 2 aliphatic carbocycles. The van der Waals surface area contributed by atoms with E-state index in [1.807, 2.05) is 31.2 Å². The van der Waals surface area contributed by atoms with E-state index in [4.69, 9.17) is 5.73 Å². The Labute approximate surface area is 154 Å². The van der Waals surface area contributed by atoms with E-state index in [0.29, 0.717) is 12.0 Å². The van der Waals surface area contributed by atoms with Crippen LogP contribution in [0.5, 0.6) is 5.75 Å². The number of benzene rings is 2. The molecule has 0 saturated carbocycles. The van der Waals surface area contributed by atoms with E-state index in [0.717, 1.165) is 31.2 Å². The molecule has 2 aromatic rings. The molecule has 3 heteroatoms. The zero-order chi connectivity index (χ0) is 18.3. The summed E-state index contributed by atoms with van der Waals surface area (Å²) in [5, 5.41) is 10.4. The molecular weight excluding hydrogens is 322 g/mol. The van der Waals surface area contributed by atoms with Crippen molar-refractivity contribution in [3.8, 4) is 5.75 Å². The van der Waals surface area contributed by atoms with Gasteiger partial charge in [0, 0.05) is 12.5 Å². The Balaban J connectivity index is 1.90. The van der Waals surface area contributed by atoms with Crippen molar-refractivity contribution in [3.63, 3.8) is 0 Å². The van der Waals surface area contributed by atoms with E-state index in [2.05, 4.69) is 12.1 Å². The molecule has 3 nitrogen and oxygen atoms in total. The van der Waals surface area contributed by atoms with Gasteiger partial charge in [0.1, 0.15) is 5.75 Å². The molecule has 0 amide bonds. The van der Waals surface area contributed by atoms with Gasteiger partial charge in [-0.1, -0.05) is 36.4 Å². The van der Waals surface area contributed by atoms with Crippen molar-refractivity contribution in [2.24, 2.45) is 11.7 Å². The maximum Gasteiger partial charge on any atom is 0.167 e. The Morgan fingerprint density at radius 1 is 1.12 bits per heavy atom. The maximum absolute atomic E-state index is 13.1. The van der Waals surface area contributed by atoms with Crippen molar-refractivity contribution in [2.75, 3.05) is 0 Å². The number of Topliss-reactive ketones (excluding diaryl/α,β-unsaturated/α-hetero) is 1. The summed E-state index contributed by atoms with van der Waals surface area (Å²) in [7, 11) is 0. The highest BCUT2D eigenvalue weighted by atomic mass is 16.3. The van der Waals surface area contributed by atoms with Crippen molar-refractivity contribution in [1.82, 2.24) is 0 Å². The van der Waals surface area contributed by atoms with E-state index in [-0.39, 0.29) is 23.5 Å². The fraction of sp³-hybridized carbons (Fsp3) is 0.348. The second kappa shape index (κ2) is 6.73. The van der Waals surface area contributed by atoms with Crippen LogP contribution in [0.1, 0.15) is 53.2 Å². The molecule has 0 heterocycles. The van der Waals surface area contributed by atoms with Crippen molar-refractivity contribution >= 4 is 11.4 Å². The van der Waals surface area contributed by atoms with Gasteiger partial charge in [0.25, 0.3) is 0 Å². The Bertz CT molecular complexity index is 881. The van der Waals surface area contributed by atoms with E-state index >= 15 is 0 Å². The molecule has 3 N–H and O–H groups in total. The molecule has 1 unspecified atom stereocenters. The van der Waals surface area contributed by atoms with Gasteiger partial charge < -0.3 is 10.8 Å². The smallest absolute Gasteiger partial charge is 0.167 e. The SMILES string of the molecule is C[C@H](N)C1=C2CCCc3ccc(O)c(c32)C(=O)CC1Cc1ccccc1. The van der Waals surface area contributed by atoms with Crippen LogP contribution in [0.25, 0.3) is 5.57 Å². The number of rotatable bonds is 3. The molecule has 2 atom stereocenters. The lowest BCUT2D eigenvalue weighted by molar-refractivity contribution is 0.0965. The Kier molecular flexibility index (Phi) is 4.41. The van der Waals surface area contributed by atoms with Crippen LogP contribution in [0.4, 0.5) is 0 Å². The molecule has 4 rings (SSSR count). The molecule has 26 heavy (non-hydrogen) atoms. The normalized spacial score (nSPS) is 20.5. The number of hydrogen-bond acceptors (Lipinski definition) is 3. The molecule has 0 aromatic heterocycles. The van der Waals surface area contributed by atoms with Gasteiger partial charge in [-0.3, -0.25) is 4.79 Å². The molecule has 0 saturated heterocycles. The van der Waals surface area contributed by atoms with E-state index in [1.165, 1.54) is 22.3 Å². The third-order valence-corrected chi connectivity index (χ3v) is 5.76. The quantitative estimate of drug-likeness (QED) is 0.871. The molecule has 0 fully saturated rings. The van der Waals surface area contributed by atoms with Gasteiger partial charge >= 0.3 is 0 Å². The molecule has 134 valence electrons. The van der Waals surface area contributed by atoms with Crippen LogP contribution in [-0.2, 0) is 12.8 Å². The number of phenols is 1. The predicted molar refractivity (Wildman–Crippen MR) is 104 cm³/mol. The van der Waals surface area contributed by atoms with Crippen LogP contribution < -0.4 is 5.73 Å². The maximum atomic E-state index is 13.1. The number of carbonyl (C=O) groups excluding carboxylic acids is 1. The Morgan fingerprint density at radius 3 is 2.62 bits per heavy atom. The summed E-state index contributed by atoms with van der Waals surface area (Å²) in [5.41, 5.74) is 12.7. The third-order valence-electron chi connectivity index (χ3n) is 5.76. The fourth-order valence-electron chi connectivity index (χ4n) is 4.75. The summed E-state index contributed by atoms with van der Waals surface area (Å²) in [6.07, 6.45) is 4.15. The van der Waals surface area contributed by atoms with Crippen molar-refractivity contribution in [1.29, 1.82) is 0 Å². The van der Waals surface area contributed by atoms with Crippen LogP contribution in [0.3, 0.4) is 0 Å². The summed E-state index contributed by atoms with van der Waals surface area (Å²) >= 11 is 0. The second-order valence-electron chi connectivity index (χ2n) is 7.58. The average Bonchev–Trinajstić information content (AvgIpc) is 2.74.